The van der Waals surface area contributed by atoms with Crippen LogP contribution >= 0.6 is 0 Å². The van der Waals surface area contributed by atoms with E-state index in [0.29, 0.717) is 0 Å². The lowest BCUT2D eigenvalue weighted by Crippen LogP contribution is -2.46. The van der Waals surface area contributed by atoms with Gasteiger partial charge in [-0.25, -0.2) is 0 Å². The van der Waals surface area contributed by atoms with Crippen molar-refractivity contribution in [2.24, 2.45) is 0 Å². The highest BCUT2D eigenvalue weighted by molar-refractivity contribution is 5.54. The Labute approximate surface area is 124 Å². The van der Waals surface area contributed by atoms with Crippen molar-refractivity contribution in [1.29, 1.82) is 0 Å². The lowest BCUT2D eigenvalue weighted by Gasteiger charge is -2.33. The maximum absolute atomic E-state index is 3.62. The standard InChI is InChI=1S/C17H29N3/c1-17(2,19(3)4)14-18-13-15-9-5-6-10-16(15)20-11-7-8-12-20/h5-6,9-10,18H,7-8,11-14H2,1-4H3. The SMILES string of the molecule is CN(C)C(C)(C)CNCc1ccccc1N1CCCC1. The van der Waals surface area contributed by atoms with Gasteiger partial charge in [0.25, 0.3) is 0 Å². The van der Waals surface area contributed by atoms with Gasteiger partial charge < -0.3 is 15.1 Å². The minimum atomic E-state index is 0.183. The first-order chi connectivity index (χ1) is 9.50. The van der Waals surface area contributed by atoms with E-state index < -0.39 is 0 Å². The molecule has 1 saturated heterocycles. The molecular weight excluding hydrogens is 246 g/mol. The second kappa shape index (κ2) is 6.59. The average Bonchev–Trinajstić information content (AvgIpc) is 2.92. The Bertz CT molecular complexity index is 420. The van der Waals surface area contributed by atoms with Crippen LogP contribution < -0.4 is 10.2 Å². The molecule has 0 bridgehead atoms. The Morgan fingerprint density at radius 3 is 2.45 bits per heavy atom. The van der Waals surface area contributed by atoms with Crippen LogP contribution in [0.15, 0.2) is 24.3 Å². The molecule has 3 nitrogen and oxygen atoms in total. The number of rotatable bonds is 6. The molecule has 20 heavy (non-hydrogen) atoms. The minimum Gasteiger partial charge on any atom is -0.371 e. The van der Waals surface area contributed by atoms with Gasteiger partial charge in [-0.3, -0.25) is 0 Å². The van der Waals surface area contributed by atoms with Gasteiger partial charge in [-0.05, 0) is 52.4 Å². The molecule has 0 amide bonds. The number of hydrogen-bond acceptors (Lipinski definition) is 3. The number of benzene rings is 1. The number of nitrogens with one attached hydrogen (secondary N) is 1. The molecule has 1 fully saturated rings. The van der Waals surface area contributed by atoms with Gasteiger partial charge in [-0.1, -0.05) is 18.2 Å². The van der Waals surface area contributed by atoms with Crippen LogP contribution in [-0.4, -0.2) is 44.2 Å². The molecule has 0 radical (unpaired) electrons. The fraction of sp³-hybridized carbons (Fsp3) is 0.647. The molecule has 1 aliphatic rings. The number of para-hydroxylation sites is 1. The third kappa shape index (κ3) is 3.74. The minimum absolute atomic E-state index is 0.183. The smallest absolute Gasteiger partial charge is 0.0411 e. The fourth-order valence-electron chi connectivity index (χ4n) is 2.59. The third-order valence-electron chi connectivity index (χ3n) is 4.52. The molecule has 1 aromatic carbocycles. The summed E-state index contributed by atoms with van der Waals surface area (Å²) in [6.45, 7) is 8.90. The normalized spacial score (nSPS) is 16.1. The molecular formula is C17H29N3. The Kier molecular flexibility index (Phi) is 5.06. The zero-order valence-electron chi connectivity index (χ0n) is 13.4. The Morgan fingerprint density at radius 1 is 1.15 bits per heavy atom. The quantitative estimate of drug-likeness (QED) is 0.861. The highest BCUT2D eigenvalue weighted by Crippen LogP contribution is 2.24. The summed E-state index contributed by atoms with van der Waals surface area (Å²) in [6, 6.07) is 8.82. The van der Waals surface area contributed by atoms with Gasteiger partial charge in [0.05, 0.1) is 0 Å². The number of nitrogens with zero attached hydrogens (tertiary/aromatic N) is 2. The van der Waals surface area contributed by atoms with E-state index in [1.807, 2.05) is 0 Å². The Hall–Kier alpha value is -1.06. The molecule has 1 N–H and O–H groups in total. The molecule has 0 unspecified atom stereocenters. The lowest BCUT2D eigenvalue weighted by molar-refractivity contribution is 0.190. The van der Waals surface area contributed by atoms with Crippen molar-refractivity contribution in [2.45, 2.75) is 38.8 Å². The number of hydrogen-bond donors (Lipinski definition) is 1. The lowest BCUT2D eigenvalue weighted by atomic mass is 10.0. The molecule has 0 atom stereocenters. The number of anilines is 1. The van der Waals surface area contributed by atoms with Gasteiger partial charge in [0, 0.05) is 37.4 Å². The summed E-state index contributed by atoms with van der Waals surface area (Å²) in [6.07, 6.45) is 2.66. The predicted octanol–water partition coefficient (Wildman–Crippen LogP) is 2.72. The van der Waals surface area contributed by atoms with E-state index in [1.54, 1.807) is 0 Å². The van der Waals surface area contributed by atoms with E-state index in [2.05, 4.69) is 67.3 Å². The molecule has 0 aromatic heterocycles. The summed E-state index contributed by atoms with van der Waals surface area (Å²) in [7, 11) is 4.28. The summed E-state index contributed by atoms with van der Waals surface area (Å²) in [5, 5.41) is 3.62. The largest absolute Gasteiger partial charge is 0.371 e. The van der Waals surface area contributed by atoms with Crippen LogP contribution in [0.2, 0.25) is 0 Å². The fourth-order valence-corrected chi connectivity index (χ4v) is 2.59. The van der Waals surface area contributed by atoms with E-state index in [0.717, 1.165) is 13.1 Å². The van der Waals surface area contributed by atoms with Crippen LogP contribution in [0.3, 0.4) is 0 Å². The topological polar surface area (TPSA) is 18.5 Å². The second-order valence-corrected chi connectivity index (χ2v) is 6.63. The average molecular weight is 275 g/mol. The van der Waals surface area contributed by atoms with Crippen LogP contribution in [0.4, 0.5) is 5.69 Å². The van der Waals surface area contributed by atoms with Crippen molar-refractivity contribution >= 4 is 5.69 Å². The van der Waals surface area contributed by atoms with Crippen molar-refractivity contribution in [3.63, 3.8) is 0 Å². The molecule has 3 heteroatoms. The molecule has 1 aromatic rings. The highest BCUT2D eigenvalue weighted by atomic mass is 15.2. The van der Waals surface area contributed by atoms with Crippen molar-refractivity contribution in [3.8, 4) is 0 Å². The van der Waals surface area contributed by atoms with Crippen molar-refractivity contribution in [3.05, 3.63) is 29.8 Å². The second-order valence-electron chi connectivity index (χ2n) is 6.63. The third-order valence-corrected chi connectivity index (χ3v) is 4.52. The number of likely N-dealkylation sites (N-methyl/N-ethyl adjacent to an activating group) is 1. The van der Waals surface area contributed by atoms with Crippen LogP contribution in [0.1, 0.15) is 32.3 Å². The molecule has 0 spiro atoms. The van der Waals surface area contributed by atoms with Gasteiger partial charge in [-0.2, -0.15) is 0 Å². The van der Waals surface area contributed by atoms with Gasteiger partial charge in [0.1, 0.15) is 0 Å². The maximum atomic E-state index is 3.62. The maximum Gasteiger partial charge on any atom is 0.0411 e. The predicted molar refractivity (Wildman–Crippen MR) is 87.4 cm³/mol. The van der Waals surface area contributed by atoms with E-state index in [-0.39, 0.29) is 5.54 Å². The van der Waals surface area contributed by atoms with Crippen LogP contribution in [0, 0.1) is 0 Å². The van der Waals surface area contributed by atoms with Crippen molar-refractivity contribution < 1.29 is 0 Å². The zero-order chi connectivity index (χ0) is 14.6. The molecule has 0 aliphatic carbocycles. The Morgan fingerprint density at radius 2 is 1.80 bits per heavy atom. The summed E-state index contributed by atoms with van der Waals surface area (Å²) < 4.78 is 0. The molecule has 1 heterocycles. The van der Waals surface area contributed by atoms with Crippen molar-refractivity contribution in [2.75, 3.05) is 38.6 Å². The van der Waals surface area contributed by atoms with Gasteiger partial charge >= 0.3 is 0 Å². The van der Waals surface area contributed by atoms with Crippen LogP contribution in [0.5, 0.6) is 0 Å². The zero-order valence-corrected chi connectivity index (χ0v) is 13.4. The van der Waals surface area contributed by atoms with Gasteiger partial charge in [0.2, 0.25) is 0 Å². The van der Waals surface area contributed by atoms with Crippen molar-refractivity contribution in [1.82, 2.24) is 10.2 Å². The highest BCUT2D eigenvalue weighted by Gasteiger charge is 2.20. The van der Waals surface area contributed by atoms with E-state index in [9.17, 15) is 0 Å². The summed E-state index contributed by atoms with van der Waals surface area (Å²) in [5.41, 5.74) is 3.02. The first kappa shape index (κ1) is 15.3. The molecule has 112 valence electrons. The van der Waals surface area contributed by atoms with E-state index in [4.69, 9.17) is 0 Å². The van der Waals surface area contributed by atoms with Crippen LogP contribution in [0.25, 0.3) is 0 Å². The van der Waals surface area contributed by atoms with Gasteiger partial charge in [0.15, 0.2) is 0 Å². The molecule has 2 rings (SSSR count). The molecule has 0 saturated carbocycles. The Balaban J connectivity index is 1.96. The summed E-state index contributed by atoms with van der Waals surface area (Å²) in [4.78, 5) is 4.79. The van der Waals surface area contributed by atoms with Crippen LogP contribution in [-0.2, 0) is 6.54 Å². The summed E-state index contributed by atoms with van der Waals surface area (Å²) in [5.74, 6) is 0. The van der Waals surface area contributed by atoms with E-state index >= 15 is 0 Å². The first-order valence-corrected chi connectivity index (χ1v) is 7.72. The monoisotopic (exact) mass is 275 g/mol. The van der Waals surface area contributed by atoms with E-state index in [1.165, 1.54) is 37.2 Å². The summed E-state index contributed by atoms with van der Waals surface area (Å²) >= 11 is 0. The molecule has 1 aliphatic heterocycles. The van der Waals surface area contributed by atoms with Gasteiger partial charge in [-0.15, -0.1) is 0 Å². The first-order valence-electron chi connectivity index (χ1n) is 7.72.